The minimum atomic E-state index is -0.418. The fourth-order valence-corrected chi connectivity index (χ4v) is 2.86. The zero-order valence-electron chi connectivity index (χ0n) is 12.4. The van der Waals surface area contributed by atoms with Crippen molar-refractivity contribution in [2.24, 2.45) is 0 Å². The van der Waals surface area contributed by atoms with E-state index >= 15 is 0 Å². The summed E-state index contributed by atoms with van der Waals surface area (Å²) < 4.78 is 10.9. The lowest BCUT2D eigenvalue weighted by molar-refractivity contribution is -0.157. The number of ether oxygens (including phenoxy) is 2. The average Bonchev–Trinajstić information content (AvgIpc) is 2.50. The number of rotatable bonds is 6. The van der Waals surface area contributed by atoms with Crippen molar-refractivity contribution in [1.29, 1.82) is 0 Å². The van der Waals surface area contributed by atoms with Crippen LogP contribution in [0.1, 0.15) is 50.2 Å². The molecule has 0 bridgehead atoms. The number of benzene rings is 1. The van der Waals surface area contributed by atoms with Crippen molar-refractivity contribution < 1.29 is 14.3 Å². The highest BCUT2D eigenvalue weighted by Gasteiger charge is 2.23. The van der Waals surface area contributed by atoms with Gasteiger partial charge in [0.1, 0.15) is 0 Å². The van der Waals surface area contributed by atoms with E-state index in [4.69, 9.17) is 9.47 Å². The highest BCUT2D eigenvalue weighted by atomic mass is 16.6. The van der Waals surface area contributed by atoms with Gasteiger partial charge in [-0.15, -0.1) is 0 Å². The lowest BCUT2D eigenvalue weighted by Gasteiger charge is -2.25. The SMILES string of the molecule is CCOC(CC)C(=O)OCC1CCCc2ccccc21. The van der Waals surface area contributed by atoms with Crippen LogP contribution in [0.15, 0.2) is 24.3 Å². The standard InChI is InChI=1S/C17H24O3/c1-3-16(19-4-2)17(18)20-12-14-10-7-9-13-8-5-6-11-15(13)14/h5-6,8,11,14,16H,3-4,7,9-10,12H2,1-2H3. The van der Waals surface area contributed by atoms with Gasteiger partial charge in [-0.2, -0.15) is 0 Å². The molecule has 0 fully saturated rings. The van der Waals surface area contributed by atoms with Gasteiger partial charge in [-0.1, -0.05) is 31.2 Å². The van der Waals surface area contributed by atoms with Gasteiger partial charge in [-0.3, -0.25) is 0 Å². The van der Waals surface area contributed by atoms with Crippen molar-refractivity contribution in [3.05, 3.63) is 35.4 Å². The van der Waals surface area contributed by atoms with E-state index in [2.05, 4.69) is 24.3 Å². The topological polar surface area (TPSA) is 35.5 Å². The summed E-state index contributed by atoms with van der Waals surface area (Å²) in [6.45, 7) is 4.85. The van der Waals surface area contributed by atoms with Gasteiger partial charge in [-0.05, 0) is 43.7 Å². The average molecular weight is 276 g/mol. The van der Waals surface area contributed by atoms with E-state index in [1.54, 1.807) is 0 Å². The van der Waals surface area contributed by atoms with Crippen LogP contribution in [0.4, 0.5) is 0 Å². The second-order valence-corrected chi connectivity index (χ2v) is 5.27. The molecule has 1 aliphatic carbocycles. The van der Waals surface area contributed by atoms with Crippen LogP contribution in [0.5, 0.6) is 0 Å². The summed E-state index contributed by atoms with van der Waals surface area (Å²) in [5.41, 5.74) is 2.74. The molecule has 20 heavy (non-hydrogen) atoms. The molecule has 0 aliphatic heterocycles. The minimum absolute atomic E-state index is 0.225. The lowest BCUT2D eigenvalue weighted by Crippen LogP contribution is -2.28. The van der Waals surface area contributed by atoms with Gasteiger partial charge in [0, 0.05) is 12.5 Å². The zero-order chi connectivity index (χ0) is 14.4. The Bertz CT molecular complexity index is 442. The Morgan fingerprint density at radius 3 is 2.90 bits per heavy atom. The summed E-state index contributed by atoms with van der Waals surface area (Å²) in [6.07, 6.45) is 3.64. The third kappa shape index (κ3) is 3.60. The third-order valence-corrected chi connectivity index (χ3v) is 3.92. The Balaban J connectivity index is 1.93. The molecule has 2 rings (SSSR count). The summed E-state index contributed by atoms with van der Waals surface area (Å²) in [6, 6.07) is 8.48. The summed E-state index contributed by atoms with van der Waals surface area (Å²) in [5, 5.41) is 0. The van der Waals surface area contributed by atoms with Crippen LogP contribution in [-0.4, -0.2) is 25.3 Å². The molecule has 1 aliphatic rings. The number of esters is 1. The van der Waals surface area contributed by atoms with Crippen LogP contribution < -0.4 is 0 Å². The van der Waals surface area contributed by atoms with Gasteiger partial charge in [0.2, 0.25) is 0 Å². The molecule has 2 atom stereocenters. The van der Waals surface area contributed by atoms with E-state index in [0.29, 0.717) is 25.6 Å². The number of carbonyl (C=O) groups excluding carboxylic acids is 1. The van der Waals surface area contributed by atoms with Crippen LogP contribution >= 0.6 is 0 Å². The molecule has 0 N–H and O–H groups in total. The zero-order valence-corrected chi connectivity index (χ0v) is 12.4. The number of hydrogen-bond donors (Lipinski definition) is 0. The summed E-state index contributed by atoms with van der Waals surface area (Å²) >= 11 is 0. The molecule has 0 heterocycles. The quantitative estimate of drug-likeness (QED) is 0.746. The van der Waals surface area contributed by atoms with E-state index in [0.717, 1.165) is 12.8 Å². The predicted molar refractivity (Wildman–Crippen MR) is 78.8 cm³/mol. The molecular formula is C17H24O3. The molecule has 2 unspecified atom stereocenters. The van der Waals surface area contributed by atoms with Gasteiger partial charge in [-0.25, -0.2) is 4.79 Å². The monoisotopic (exact) mass is 276 g/mol. The van der Waals surface area contributed by atoms with Crippen molar-refractivity contribution in [2.45, 2.75) is 51.6 Å². The molecule has 0 radical (unpaired) electrons. The van der Waals surface area contributed by atoms with Crippen LogP contribution in [0.25, 0.3) is 0 Å². The summed E-state index contributed by atoms with van der Waals surface area (Å²) in [7, 11) is 0. The molecule has 3 heteroatoms. The molecule has 1 aromatic rings. The Morgan fingerprint density at radius 1 is 1.35 bits per heavy atom. The number of fused-ring (bicyclic) bond motifs is 1. The van der Waals surface area contributed by atoms with Crippen LogP contribution in [-0.2, 0) is 20.7 Å². The van der Waals surface area contributed by atoms with Crippen LogP contribution in [0, 0.1) is 0 Å². The largest absolute Gasteiger partial charge is 0.463 e. The first-order valence-corrected chi connectivity index (χ1v) is 7.62. The fourth-order valence-electron chi connectivity index (χ4n) is 2.86. The number of hydrogen-bond acceptors (Lipinski definition) is 3. The minimum Gasteiger partial charge on any atom is -0.463 e. The Morgan fingerprint density at radius 2 is 2.15 bits per heavy atom. The second-order valence-electron chi connectivity index (χ2n) is 5.27. The van der Waals surface area contributed by atoms with E-state index in [9.17, 15) is 4.79 Å². The van der Waals surface area contributed by atoms with E-state index in [1.165, 1.54) is 17.5 Å². The van der Waals surface area contributed by atoms with Gasteiger partial charge in [0.15, 0.2) is 6.10 Å². The molecule has 0 saturated carbocycles. The van der Waals surface area contributed by atoms with Crippen molar-refractivity contribution in [2.75, 3.05) is 13.2 Å². The van der Waals surface area contributed by atoms with Crippen LogP contribution in [0.2, 0.25) is 0 Å². The van der Waals surface area contributed by atoms with Gasteiger partial charge >= 0.3 is 5.97 Å². The lowest BCUT2D eigenvalue weighted by atomic mass is 9.83. The van der Waals surface area contributed by atoms with Crippen molar-refractivity contribution >= 4 is 5.97 Å². The number of carbonyl (C=O) groups is 1. The van der Waals surface area contributed by atoms with Crippen molar-refractivity contribution in [3.63, 3.8) is 0 Å². The molecular weight excluding hydrogens is 252 g/mol. The summed E-state index contributed by atoms with van der Waals surface area (Å²) in [4.78, 5) is 12.0. The second kappa shape index (κ2) is 7.44. The highest BCUT2D eigenvalue weighted by Crippen LogP contribution is 2.31. The first kappa shape index (κ1) is 15.0. The smallest absolute Gasteiger partial charge is 0.335 e. The molecule has 0 aromatic heterocycles. The maximum Gasteiger partial charge on any atom is 0.335 e. The third-order valence-electron chi connectivity index (χ3n) is 3.92. The Kier molecular flexibility index (Phi) is 5.60. The molecule has 0 saturated heterocycles. The molecule has 110 valence electrons. The van der Waals surface area contributed by atoms with E-state index in [1.807, 2.05) is 13.8 Å². The first-order valence-electron chi connectivity index (χ1n) is 7.62. The van der Waals surface area contributed by atoms with Gasteiger partial charge in [0.05, 0.1) is 6.61 Å². The molecule has 1 aromatic carbocycles. The Hall–Kier alpha value is -1.35. The van der Waals surface area contributed by atoms with Crippen LogP contribution in [0.3, 0.4) is 0 Å². The van der Waals surface area contributed by atoms with Crippen molar-refractivity contribution in [1.82, 2.24) is 0 Å². The molecule has 3 nitrogen and oxygen atoms in total. The molecule has 0 spiro atoms. The van der Waals surface area contributed by atoms with E-state index in [-0.39, 0.29) is 5.97 Å². The van der Waals surface area contributed by atoms with Gasteiger partial charge < -0.3 is 9.47 Å². The fraction of sp³-hybridized carbons (Fsp3) is 0.588. The predicted octanol–water partition coefficient (Wildman–Crippen LogP) is 3.46. The first-order chi connectivity index (χ1) is 9.76. The maximum atomic E-state index is 12.0. The maximum absolute atomic E-state index is 12.0. The number of aryl methyl sites for hydroxylation is 1. The Labute approximate surface area is 121 Å². The van der Waals surface area contributed by atoms with E-state index < -0.39 is 6.10 Å². The normalized spacial score (nSPS) is 19.2. The van der Waals surface area contributed by atoms with Crippen molar-refractivity contribution in [3.8, 4) is 0 Å². The highest BCUT2D eigenvalue weighted by molar-refractivity contribution is 5.74. The van der Waals surface area contributed by atoms with Gasteiger partial charge in [0.25, 0.3) is 0 Å². The summed E-state index contributed by atoms with van der Waals surface area (Å²) in [5.74, 6) is 0.112. The molecule has 0 amide bonds.